The zero-order valence-electron chi connectivity index (χ0n) is 39.0. The average molecular weight is 1030 g/mol. The molecule has 0 unspecified atom stereocenters. The molecule has 71 heavy (non-hydrogen) atoms. The molecule has 10 atom stereocenters. The lowest BCUT2D eigenvalue weighted by atomic mass is 9.81. The van der Waals surface area contributed by atoms with Gasteiger partial charge in [-0.15, -0.1) is 12.6 Å². The Morgan fingerprint density at radius 2 is 1.13 bits per heavy atom. The van der Waals surface area contributed by atoms with E-state index in [9.17, 15) is 50.8 Å². The van der Waals surface area contributed by atoms with Crippen LogP contribution in [-0.4, -0.2) is 173 Å². The molecule has 0 aromatic heterocycles. The zero-order chi connectivity index (χ0) is 51.8. The molecule has 1 aliphatic carbocycles. The molecule has 2 fully saturated rings. The third-order valence-electron chi connectivity index (χ3n) is 13.5. The predicted octanol–water partition coefficient (Wildman–Crippen LogP) is -1.20. The van der Waals surface area contributed by atoms with Gasteiger partial charge < -0.3 is 83.9 Å². The summed E-state index contributed by atoms with van der Waals surface area (Å²) in [4.78, 5) is 59.1. The van der Waals surface area contributed by atoms with Gasteiger partial charge in [-0.1, -0.05) is 17.8 Å². The number of aliphatic hydroxyl groups excluding tert-OH is 8. The van der Waals surface area contributed by atoms with Crippen molar-refractivity contribution in [2.75, 3.05) is 54.9 Å². The van der Waals surface area contributed by atoms with Gasteiger partial charge in [-0.05, 0) is 30.6 Å². The summed E-state index contributed by atoms with van der Waals surface area (Å²) in [5.41, 5.74) is -2.18. The number of hydrogen-bond donors (Lipinski definition) is 10. The first-order chi connectivity index (χ1) is 33.8. The summed E-state index contributed by atoms with van der Waals surface area (Å²) >= 11 is 10.7. The number of phenolic OH excluding ortho intramolecular Hbond substituents is 1. The monoisotopic (exact) mass is 1030 g/mol. The maximum atomic E-state index is 15.2. The molecule has 0 radical (unpaired) electrons. The molecule has 3 aliphatic rings. The summed E-state index contributed by atoms with van der Waals surface area (Å²) in [6.45, 7) is 0.751. The number of aromatic hydroxyl groups is 1. The lowest BCUT2D eigenvalue weighted by Gasteiger charge is -2.39. The first-order valence-electron chi connectivity index (χ1n) is 22.2. The predicted molar refractivity (Wildman–Crippen MR) is 260 cm³/mol. The number of aliphatic hydroxyl groups is 8. The standard InChI is InChI=1S/C48H52O21S2/c1-14-11-16-22-25-27-30(29-26(22)31(37(56)43(16)62-3)35(54)23(44(29)63-4)19(70)7-9-66-47-41(60)39(58)33(52)17(12-49)68-47)45(64-5)24(36(55)32(27)38(57)46(65-6)28(25)21(14)15(2)51)20(71)8-10-67-48-42(61)40(59)34(53)18(13-50)69-48/h17-18,33-34,39-42,47-50,52-53,55,58-61,70H,7-13H2,1-6H3/b23-19-/t17-,18-,33-,34-,39+,40+,41-,42-,47-,48-/m1/s1. The van der Waals surface area contributed by atoms with Crippen LogP contribution in [0.4, 0.5) is 0 Å². The summed E-state index contributed by atoms with van der Waals surface area (Å²) in [6.07, 6.45) is -16.6. The van der Waals surface area contributed by atoms with Gasteiger partial charge in [-0.3, -0.25) is 19.2 Å². The Hall–Kier alpha value is -4.96. The van der Waals surface area contributed by atoms with E-state index < -0.39 is 108 Å². The fourth-order valence-electron chi connectivity index (χ4n) is 10.3. The SMILES string of the molecule is COc1c2c3c4c(c(OC)c(=O)c5c(=O)/c(=C(/S)CCO[C@@H]6O[C@H](CO)[C@@H](O)[C@H](O)[C@H]6O)c(OC)c(c6c(OC)c(C(=S)CCO[C@@H]7O[C@H](CO)[C@@H](O)[C@H](O)[C@H]7O)c(O)c(c1=O)c36)c54)CC(C)=C2C(C)=O. The van der Waals surface area contributed by atoms with Crippen molar-refractivity contribution in [3.8, 4) is 28.7 Å². The number of ketones is 1. The second kappa shape index (κ2) is 20.2. The van der Waals surface area contributed by atoms with Crippen LogP contribution in [0.2, 0.25) is 0 Å². The highest BCUT2D eigenvalue weighted by atomic mass is 32.1. The summed E-state index contributed by atoms with van der Waals surface area (Å²) in [7, 11) is 4.93. The molecule has 23 heteroatoms. The summed E-state index contributed by atoms with van der Waals surface area (Å²) < 4.78 is 46.3. The van der Waals surface area contributed by atoms with Gasteiger partial charge in [0.05, 0.1) is 76.4 Å². The molecule has 0 bridgehead atoms. The summed E-state index contributed by atoms with van der Waals surface area (Å²) in [5.74, 6) is -2.20. The highest BCUT2D eigenvalue weighted by molar-refractivity contribution is 7.90. The van der Waals surface area contributed by atoms with E-state index in [0.29, 0.717) is 5.57 Å². The van der Waals surface area contributed by atoms with E-state index >= 15 is 14.4 Å². The van der Waals surface area contributed by atoms with Crippen LogP contribution in [0.25, 0.3) is 53.6 Å². The van der Waals surface area contributed by atoms with E-state index in [2.05, 4.69) is 0 Å². The normalized spacial score (nSPS) is 26.2. The van der Waals surface area contributed by atoms with Crippen LogP contribution in [0.15, 0.2) is 20.0 Å². The van der Waals surface area contributed by atoms with Crippen LogP contribution in [-0.2, 0) is 30.2 Å². The van der Waals surface area contributed by atoms with Gasteiger partial charge >= 0.3 is 0 Å². The van der Waals surface area contributed by atoms with Gasteiger partial charge in [-0.2, -0.15) is 0 Å². The number of rotatable bonds is 16. The van der Waals surface area contributed by atoms with E-state index in [1.165, 1.54) is 35.4 Å². The van der Waals surface area contributed by atoms with Crippen LogP contribution >= 0.6 is 24.8 Å². The number of fused-ring (bicyclic) bond motifs is 1. The summed E-state index contributed by atoms with van der Waals surface area (Å²) in [5, 5.41) is 93.6. The average Bonchev–Trinajstić information content (AvgIpc) is 3.47. The number of methoxy groups -OCH3 is 4. The van der Waals surface area contributed by atoms with E-state index in [4.69, 9.17) is 62.7 Å². The number of Topliss-reactive ketones (excluding diaryl/α,β-unsaturated/α-hetero) is 1. The first-order valence-corrected chi connectivity index (χ1v) is 23.1. The zero-order valence-corrected chi connectivity index (χ0v) is 40.7. The van der Waals surface area contributed by atoms with Crippen molar-refractivity contribution >= 4 is 89.1 Å². The molecule has 2 heterocycles. The lowest BCUT2D eigenvalue weighted by molar-refractivity contribution is -0.300. The number of hydrogen-bond acceptors (Lipinski definition) is 23. The number of thiocarbonyl (C=S) groups is 1. The number of allylic oxidation sites excluding steroid dienone is 2. The number of carbonyl (C=O) groups is 1. The van der Waals surface area contributed by atoms with Gasteiger partial charge in [0.25, 0.3) is 0 Å². The smallest absolute Gasteiger partial charge is 0.232 e. The number of carbonyl (C=O) groups excluding carboxylic acids is 1. The Bertz CT molecular complexity index is 3250. The molecule has 5 aromatic carbocycles. The van der Waals surface area contributed by atoms with Gasteiger partial charge in [0.1, 0.15) is 66.1 Å². The second-order valence-electron chi connectivity index (χ2n) is 17.5. The maximum absolute atomic E-state index is 15.2. The van der Waals surface area contributed by atoms with E-state index in [0.717, 1.165) is 0 Å². The number of ether oxygens (including phenoxy) is 8. The fraction of sp³-hybridized carbons (Fsp3) is 0.479. The fourth-order valence-corrected chi connectivity index (χ4v) is 10.9. The Morgan fingerprint density at radius 3 is 1.63 bits per heavy atom. The third kappa shape index (κ3) is 8.06. The van der Waals surface area contributed by atoms with Gasteiger partial charge in [-0.25, -0.2) is 0 Å². The number of phenols is 1. The molecule has 0 saturated carbocycles. The van der Waals surface area contributed by atoms with Crippen molar-refractivity contribution in [1.82, 2.24) is 0 Å². The third-order valence-corrected chi connectivity index (χ3v) is 14.4. The van der Waals surface area contributed by atoms with Crippen LogP contribution in [0.3, 0.4) is 0 Å². The minimum atomic E-state index is -1.76. The second-order valence-corrected chi connectivity index (χ2v) is 18.5. The van der Waals surface area contributed by atoms with E-state index in [1.54, 1.807) is 6.92 Å². The molecule has 5 aromatic rings. The molecule has 2 aliphatic heterocycles. The van der Waals surface area contributed by atoms with Crippen molar-refractivity contribution in [1.29, 1.82) is 0 Å². The highest BCUT2D eigenvalue weighted by Crippen LogP contribution is 2.55. The highest BCUT2D eigenvalue weighted by Gasteiger charge is 2.46. The molecule has 8 rings (SSSR count). The Kier molecular flexibility index (Phi) is 14.9. The number of benzene rings is 5. The van der Waals surface area contributed by atoms with Gasteiger partial charge in [0, 0.05) is 61.3 Å². The molecular formula is C48H52O21S2. The van der Waals surface area contributed by atoms with E-state index in [-0.39, 0.29) is 130 Å². The molecule has 9 N–H and O–H groups in total. The Morgan fingerprint density at radius 1 is 0.634 bits per heavy atom. The molecule has 2 saturated heterocycles. The van der Waals surface area contributed by atoms with Crippen LogP contribution in [0, 0.1) is 0 Å². The van der Waals surface area contributed by atoms with Crippen molar-refractivity contribution in [3.05, 3.63) is 58.2 Å². The molecule has 0 amide bonds. The van der Waals surface area contributed by atoms with Crippen molar-refractivity contribution in [3.63, 3.8) is 0 Å². The van der Waals surface area contributed by atoms with Crippen molar-refractivity contribution < 1.29 is 88.6 Å². The first kappa shape index (κ1) is 52.4. The minimum Gasteiger partial charge on any atom is -0.506 e. The van der Waals surface area contributed by atoms with E-state index in [1.807, 2.05) is 0 Å². The quantitative estimate of drug-likeness (QED) is 0.0183. The molecule has 0 spiro atoms. The molecule has 382 valence electrons. The van der Waals surface area contributed by atoms with Gasteiger partial charge in [0.15, 0.2) is 29.9 Å². The summed E-state index contributed by atoms with van der Waals surface area (Å²) in [6, 6.07) is 0. The van der Waals surface area contributed by atoms with Crippen LogP contribution < -0.4 is 40.5 Å². The Labute approximate surface area is 412 Å². The molecule has 21 nitrogen and oxygen atoms in total. The van der Waals surface area contributed by atoms with Crippen molar-refractivity contribution in [2.45, 2.75) is 94.5 Å². The Balaban J connectivity index is 1.46. The molecular weight excluding hydrogens is 977 g/mol. The van der Waals surface area contributed by atoms with Crippen molar-refractivity contribution in [2.24, 2.45) is 0 Å². The maximum Gasteiger partial charge on any atom is 0.232 e. The van der Waals surface area contributed by atoms with Crippen LogP contribution in [0.5, 0.6) is 28.7 Å². The topological polar surface area (TPSA) is 324 Å². The van der Waals surface area contributed by atoms with Gasteiger partial charge in [0.2, 0.25) is 16.3 Å². The largest absolute Gasteiger partial charge is 0.506 e. The minimum absolute atomic E-state index is 0.00438. The number of thiol groups is 1. The van der Waals surface area contributed by atoms with Crippen LogP contribution in [0.1, 0.15) is 43.4 Å². The lowest BCUT2D eigenvalue weighted by Crippen LogP contribution is -2.59.